The third kappa shape index (κ3) is 4.62. The number of carbonyl (C=O) groups excluding carboxylic acids is 2. The molecular weight excluding hydrogens is 354 g/mol. The van der Waals surface area contributed by atoms with Gasteiger partial charge >= 0.3 is 0 Å². The monoisotopic (exact) mass is 381 g/mol. The fraction of sp³-hybridized carbons (Fsp3) is 0.556. The van der Waals surface area contributed by atoms with Crippen LogP contribution in [0.15, 0.2) is 29.2 Å². The molecule has 144 valence electrons. The van der Waals surface area contributed by atoms with Gasteiger partial charge in [0, 0.05) is 38.0 Å². The molecule has 1 fully saturated rings. The Kier molecular flexibility index (Phi) is 6.41. The second kappa shape index (κ2) is 8.18. The van der Waals surface area contributed by atoms with Crippen LogP contribution >= 0.6 is 0 Å². The average molecular weight is 381 g/mol. The quantitative estimate of drug-likeness (QED) is 0.811. The van der Waals surface area contributed by atoms with Crippen LogP contribution in [0.25, 0.3) is 0 Å². The van der Waals surface area contributed by atoms with Crippen LogP contribution in [0.3, 0.4) is 0 Å². The van der Waals surface area contributed by atoms with E-state index in [0.29, 0.717) is 31.7 Å². The molecule has 1 heterocycles. The van der Waals surface area contributed by atoms with E-state index in [-0.39, 0.29) is 22.6 Å². The highest BCUT2D eigenvalue weighted by Gasteiger charge is 2.29. The van der Waals surface area contributed by atoms with Gasteiger partial charge in [-0.25, -0.2) is 8.42 Å². The number of benzene rings is 1. The molecule has 26 heavy (non-hydrogen) atoms. The van der Waals surface area contributed by atoms with Crippen LogP contribution in [0.1, 0.15) is 30.6 Å². The minimum atomic E-state index is -3.37. The summed E-state index contributed by atoms with van der Waals surface area (Å²) in [5.74, 6) is -0.194. The van der Waals surface area contributed by atoms with Gasteiger partial charge in [-0.2, -0.15) is 0 Å². The number of nitrogens with zero attached hydrogens (tertiary/aromatic N) is 2. The van der Waals surface area contributed by atoms with Gasteiger partial charge in [0.25, 0.3) is 5.91 Å². The highest BCUT2D eigenvalue weighted by molar-refractivity contribution is 7.90. The number of piperazine rings is 1. The predicted octanol–water partition coefficient (Wildman–Crippen LogP) is 0.748. The van der Waals surface area contributed by atoms with E-state index in [2.05, 4.69) is 0 Å². The summed E-state index contributed by atoms with van der Waals surface area (Å²) in [4.78, 5) is 28.5. The summed E-state index contributed by atoms with van der Waals surface area (Å²) < 4.78 is 23.3. The smallest absolute Gasteiger partial charge is 0.254 e. The zero-order valence-electron chi connectivity index (χ0n) is 15.5. The average Bonchev–Trinajstić information content (AvgIpc) is 2.65. The SMILES string of the molecule is CCC(C)C(N)C(=O)N1CCN(C(=O)c2cccc(S(C)(=O)=O)c2)CC1. The number of amides is 2. The standard InChI is InChI=1S/C18H27N3O4S/c1-4-13(2)16(19)18(23)21-10-8-20(9-11-21)17(22)14-6-5-7-15(12-14)26(3,24)25/h5-7,12-13,16H,4,8-11,19H2,1-3H3. The molecule has 1 aliphatic heterocycles. The molecule has 1 aliphatic rings. The van der Waals surface area contributed by atoms with Gasteiger partial charge < -0.3 is 15.5 Å². The van der Waals surface area contributed by atoms with E-state index in [1.165, 1.54) is 12.1 Å². The normalized spacial score (nSPS) is 17.7. The Morgan fingerprint density at radius 1 is 1.15 bits per heavy atom. The molecule has 8 heteroatoms. The maximum absolute atomic E-state index is 12.6. The Balaban J connectivity index is 2.02. The van der Waals surface area contributed by atoms with Crippen molar-refractivity contribution < 1.29 is 18.0 Å². The molecule has 0 radical (unpaired) electrons. The molecule has 2 rings (SSSR count). The van der Waals surface area contributed by atoms with Crippen molar-refractivity contribution in [1.82, 2.24) is 9.80 Å². The van der Waals surface area contributed by atoms with Crippen molar-refractivity contribution in [1.29, 1.82) is 0 Å². The van der Waals surface area contributed by atoms with Gasteiger partial charge in [0.15, 0.2) is 9.84 Å². The van der Waals surface area contributed by atoms with Crippen LogP contribution in [0.2, 0.25) is 0 Å². The third-order valence-corrected chi connectivity index (χ3v) is 6.04. The molecule has 2 unspecified atom stereocenters. The van der Waals surface area contributed by atoms with Gasteiger partial charge in [0.05, 0.1) is 10.9 Å². The lowest BCUT2D eigenvalue weighted by molar-refractivity contribution is -0.135. The van der Waals surface area contributed by atoms with Crippen LogP contribution < -0.4 is 5.73 Å². The summed E-state index contributed by atoms with van der Waals surface area (Å²) in [5, 5.41) is 0. The summed E-state index contributed by atoms with van der Waals surface area (Å²) in [6.07, 6.45) is 1.95. The Labute approximate surface area is 155 Å². The first kappa shape index (κ1) is 20.4. The van der Waals surface area contributed by atoms with Crippen LogP contribution in [-0.2, 0) is 14.6 Å². The number of sulfone groups is 1. The van der Waals surface area contributed by atoms with Crippen molar-refractivity contribution in [3.63, 3.8) is 0 Å². The maximum Gasteiger partial charge on any atom is 0.254 e. The molecule has 1 aromatic carbocycles. The van der Waals surface area contributed by atoms with E-state index >= 15 is 0 Å². The van der Waals surface area contributed by atoms with Crippen molar-refractivity contribution in [3.05, 3.63) is 29.8 Å². The first-order chi connectivity index (χ1) is 12.1. The first-order valence-corrected chi connectivity index (χ1v) is 10.7. The van der Waals surface area contributed by atoms with Gasteiger partial charge in [-0.3, -0.25) is 9.59 Å². The van der Waals surface area contributed by atoms with Gasteiger partial charge in [-0.15, -0.1) is 0 Å². The molecule has 2 N–H and O–H groups in total. The Hall–Kier alpha value is -1.93. The van der Waals surface area contributed by atoms with Crippen molar-refractivity contribution in [2.24, 2.45) is 11.7 Å². The van der Waals surface area contributed by atoms with Crippen LogP contribution in [-0.4, -0.2) is 68.5 Å². The lowest BCUT2D eigenvalue weighted by Gasteiger charge is -2.36. The molecule has 2 amide bonds. The minimum Gasteiger partial charge on any atom is -0.338 e. The van der Waals surface area contributed by atoms with Gasteiger partial charge in [0.1, 0.15) is 0 Å². The molecular formula is C18H27N3O4S. The van der Waals surface area contributed by atoms with E-state index in [9.17, 15) is 18.0 Å². The molecule has 2 atom stereocenters. The van der Waals surface area contributed by atoms with Gasteiger partial charge in [-0.1, -0.05) is 26.3 Å². The topological polar surface area (TPSA) is 101 Å². The van der Waals surface area contributed by atoms with E-state index in [4.69, 9.17) is 5.73 Å². The summed E-state index contributed by atoms with van der Waals surface area (Å²) in [6.45, 7) is 5.62. The largest absolute Gasteiger partial charge is 0.338 e. The van der Waals surface area contributed by atoms with Crippen LogP contribution in [0.4, 0.5) is 0 Å². The molecule has 0 bridgehead atoms. The Morgan fingerprint density at radius 2 is 1.73 bits per heavy atom. The molecule has 7 nitrogen and oxygen atoms in total. The zero-order valence-corrected chi connectivity index (χ0v) is 16.3. The minimum absolute atomic E-state index is 0.0782. The lowest BCUT2D eigenvalue weighted by atomic mass is 9.98. The molecule has 0 aliphatic carbocycles. The molecule has 0 spiro atoms. The lowest BCUT2D eigenvalue weighted by Crippen LogP contribution is -2.55. The number of carbonyl (C=O) groups is 2. The molecule has 1 aromatic rings. The summed E-state index contributed by atoms with van der Waals surface area (Å²) in [5.41, 5.74) is 6.35. The fourth-order valence-electron chi connectivity index (χ4n) is 2.88. The maximum atomic E-state index is 12.6. The summed E-state index contributed by atoms with van der Waals surface area (Å²) in [6, 6.07) is 5.52. The summed E-state index contributed by atoms with van der Waals surface area (Å²) in [7, 11) is -3.37. The number of rotatable bonds is 5. The highest BCUT2D eigenvalue weighted by Crippen LogP contribution is 2.16. The van der Waals surface area contributed by atoms with Crippen molar-refractivity contribution in [2.75, 3.05) is 32.4 Å². The zero-order chi connectivity index (χ0) is 19.5. The number of hydrogen-bond acceptors (Lipinski definition) is 5. The number of nitrogens with two attached hydrogens (primary N) is 1. The van der Waals surface area contributed by atoms with Crippen LogP contribution in [0.5, 0.6) is 0 Å². The molecule has 0 saturated carbocycles. The van der Waals surface area contributed by atoms with E-state index in [0.717, 1.165) is 12.7 Å². The van der Waals surface area contributed by atoms with Gasteiger partial charge in [0.2, 0.25) is 5.91 Å². The second-order valence-electron chi connectivity index (χ2n) is 6.83. The van der Waals surface area contributed by atoms with Gasteiger partial charge in [-0.05, 0) is 24.1 Å². The van der Waals surface area contributed by atoms with Crippen LogP contribution in [0, 0.1) is 5.92 Å². The first-order valence-electron chi connectivity index (χ1n) is 8.79. The van der Waals surface area contributed by atoms with E-state index in [1.54, 1.807) is 21.9 Å². The Bertz CT molecular complexity index is 770. The number of hydrogen-bond donors (Lipinski definition) is 1. The van der Waals surface area contributed by atoms with E-state index in [1.807, 2.05) is 13.8 Å². The Morgan fingerprint density at radius 3 is 2.27 bits per heavy atom. The second-order valence-corrected chi connectivity index (χ2v) is 8.84. The van der Waals surface area contributed by atoms with E-state index < -0.39 is 15.9 Å². The third-order valence-electron chi connectivity index (χ3n) is 4.93. The van der Waals surface area contributed by atoms with Crippen molar-refractivity contribution in [3.8, 4) is 0 Å². The predicted molar refractivity (Wildman–Crippen MR) is 99.5 cm³/mol. The molecule has 0 aromatic heterocycles. The highest BCUT2D eigenvalue weighted by atomic mass is 32.2. The fourth-order valence-corrected chi connectivity index (χ4v) is 3.55. The van der Waals surface area contributed by atoms with Crippen molar-refractivity contribution >= 4 is 21.7 Å². The molecule has 1 saturated heterocycles. The summed E-state index contributed by atoms with van der Waals surface area (Å²) >= 11 is 0. The van der Waals surface area contributed by atoms with Crippen molar-refractivity contribution in [2.45, 2.75) is 31.2 Å².